The van der Waals surface area contributed by atoms with Gasteiger partial charge < -0.3 is 71.6 Å². The van der Waals surface area contributed by atoms with Crippen LogP contribution in [0.1, 0.15) is 65.7 Å². The van der Waals surface area contributed by atoms with Gasteiger partial charge in [-0.25, -0.2) is 0 Å². The molecule has 0 bridgehead atoms. The smallest absolute Gasteiger partial charge is 0.307 e. The average molecular weight is 1000 g/mol. The highest BCUT2D eigenvalue weighted by Gasteiger charge is 2.45. The number of fused-ring (bicyclic) bond motifs is 1. The lowest BCUT2D eigenvalue weighted by molar-refractivity contribution is -0.142. The minimum atomic E-state index is -1.08. The summed E-state index contributed by atoms with van der Waals surface area (Å²) in [6.07, 6.45) is 2.65. The summed E-state index contributed by atoms with van der Waals surface area (Å²) in [7, 11) is 1.35. The maximum atomic E-state index is 13.2. The van der Waals surface area contributed by atoms with E-state index in [0.29, 0.717) is 178 Å². The molecular formula is C47H75N3O20. The number of hydrogen-bond acceptors (Lipinski definition) is 20. The van der Waals surface area contributed by atoms with Crippen LogP contribution in [-0.4, -0.2) is 225 Å². The number of nitrogens with zero attached hydrogens (tertiary/aromatic N) is 1. The first kappa shape index (κ1) is 60.2. The molecular weight excluding hydrogens is 927 g/mol. The molecule has 0 radical (unpaired) electrons. The van der Waals surface area contributed by atoms with Gasteiger partial charge in [-0.3, -0.25) is 39.0 Å². The number of hydrogen-bond donors (Lipinski definition) is 2. The van der Waals surface area contributed by atoms with Gasteiger partial charge in [0, 0.05) is 19.4 Å². The zero-order chi connectivity index (χ0) is 50.1. The normalized spacial score (nSPS) is 14.6. The van der Waals surface area contributed by atoms with Crippen molar-refractivity contribution in [2.24, 2.45) is 0 Å². The summed E-state index contributed by atoms with van der Waals surface area (Å²) in [6.45, 7) is 11.8. The number of benzene rings is 1. The van der Waals surface area contributed by atoms with E-state index in [-0.39, 0.29) is 54.4 Å². The van der Waals surface area contributed by atoms with Crippen LogP contribution in [-0.2, 0) is 85.5 Å². The number of nitrogens with one attached hydrogen (secondary N) is 2. The van der Waals surface area contributed by atoms with Gasteiger partial charge in [-0.2, -0.15) is 0 Å². The topological polar surface area (TPSA) is 259 Å². The maximum absolute atomic E-state index is 13.2. The number of rotatable bonds is 47. The van der Waals surface area contributed by atoms with E-state index in [0.717, 1.165) is 17.7 Å². The van der Waals surface area contributed by atoms with Crippen LogP contribution in [0, 0.1) is 0 Å². The third-order valence-corrected chi connectivity index (χ3v) is 10.1. The highest BCUT2D eigenvalue weighted by Crippen LogP contribution is 2.32. The van der Waals surface area contributed by atoms with Crippen molar-refractivity contribution < 1.29 is 95.1 Å². The summed E-state index contributed by atoms with van der Waals surface area (Å²) in [5.41, 5.74) is 0.368. The van der Waals surface area contributed by atoms with Crippen LogP contribution in [0.15, 0.2) is 18.2 Å². The Bertz CT molecular complexity index is 1620. The third-order valence-electron chi connectivity index (χ3n) is 10.1. The van der Waals surface area contributed by atoms with Crippen LogP contribution < -0.4 is 10.6 Å². The lowest BCUT2D eigenvalue weighted by Crippen LogP contribution is -2.54. The molecule has 0 spiro atoms. The predicted molar refractivity (Wildman–Crippen MR) is 247 cm³/mol. The van der Waals surface area contributed by atoms with Gasteiger partial charge in [-0.1, -0.05) is 12.5 Å². The number of piperidine rings is 1. The van der Waals surface area contributed by atoms with Crippen molar-refractivity contribution in [1.82, 2.24) is 10.2 Å². The zero-order valence-corrected chi connectivity index (χ0v) is 40.8. The van der Waals surface area contributed by atoms with Gasteiger partial charge in [0.05, 0.1) is 196 Å². The minimum absolute atomic E-state index is 0.0237. The minimum Gasteiger partial charge on any atom is -0.469 e. The van der Waals surface area contributed by atoms with Crippen LogP contribution in [0.5, 0.6) is 0 Å². The lowest BCUT2D eigenvalue weighted by atomic mass is 10.0. The molecule has 2 aliphatic heterocycles. The van der Waals surface area contributed by atoms with Gasteiger partial charge in [0.1, 0.15) is 6.04 Å². The Morgan fingerprint density at radius 1 is 0.514 bits per heavy atom. The van der Waals surface area contributed by atoms with Crippen LogP contribution in [0.25, 0.3) is 0 Å². The van der Waals surface area contributed by atoms with E-state index in [4.69, 9.17) is 61.6 Å². The molecule has 2 heterocycles. The van der Waals surface area contributed by atoms with E-state index in [2.05, 4.69) is 15.4 Å². The summed E-state index contributed by atoms with van der Waals surface area (Å²) in [5, 5.41) is 4.91. The second-order valence-corrected chi connectivity index (χ2v) is 15.3. The largest absolute Gasteiger partial charge is 0.469 e. The predicted octanol–water partition coefficient (Wildman–Crippen LogP) is 1.37. The molecule has 1 saturated heterocycles. The van der Waals surface area contributed by atoms with Crippen LogP contribution in [0.4, 0.5) is 5.69 Å². The number of methoxy groups -OCH3 is 1. The number of anilines is 1. The SMILES string of the molecule is COC(=O)CCOCCOCCOCCOCCOCCOCCOCCOCCOCCOCCOCCOCCOCCCCCC(=O)Nc1cccc2c1C(=O)N(C1CCC(=O)NC1=O)C2=O. The molecule has 2 aliphatic rings. The molecule has 5 amide bonds. The lowest BCUT2D eigenvalue weighted by Gasteiger charge is -2.27. The van der Waals surface area contributed by atoms with Crippen molar-refractivity contribution in [2.45, 2.75) is 51.0 Å². The highest BCUT2D eigenvalue weighted by atomic mass is 16.6. The molecule has 1 aromatic rings. The standard InChI is InChI=1S/C47H75N3O20/c1-57-43(53)11-13-59-15-17-61-19-21-63-23-25-65-27-29-67-31-33-69-35-37-70-36-34-68-32-30-66-28-26-64-24-22-62-20-18-60-16-14-58-12-4-2-3-8-41(51)48-39-7-5-6-38-44(39)47(56)50(46(38)55)40-9-10-42(52)49-45(40)54/h5-7,40H,2-4,8-37H2,1H3,(H,48,51)(H,49,52,54). The summed E-state index contributed by atoms with van der Waals surface area (Å²) < 4.78 is 75.7. The van der Waals surface area contributed by atoms with Gasteiger partial charge in [-0.15, -0.1) is 0 Å². The zero-order valence-electron chi connectivity index (χ0n) is 40.8. The van der Waals surface area contributed by atoms with Crippen molar-refractivity contribution in [3.05, 3.63) is 29.3 Å². The first-order chi connectivity index (χ1) is 34.3. The molecule has 398 valence electrons. The second kappa shape index (κ2) is 40.5. The van der Waals surface area contributed by atoms with Crippen molar-refractivity contribution in [2.75, 3.05) is 184 Å². The Balaban J connectivity index is 0.948. The molecule has 70 heavy (non-hydrogen) atoms. The van der Waals surface area contributed by atoms with Gasteiger partial charge in [0.2, 0.25) is 17.7 Å². The summed E-state index contributed by atoms with van der Waals surface area (Å²) in [6, 6.07) is 3.52. The molecule has 1 atom stereocenters. The van der Waals surface area contributed by atoms with Gasteiger partial charge >= 0.3 is 5.97 Å². The molecule has 23 nitrogen and oxygen atoms in total. The van der Waals surface area contributed by atoms with E-state index in [1.54, 1.807) is 12.1 Å². The Morgan fingerprint density at radius 3 is 1.31 bits per heavy atom. The van der Waals surface area contributed by atoms with Crippen molar-refractivity contribution in [3.8, 4) is 0 Å². The third kappa shape index (κ3) is 27.5. The maximum Gasteiger partial charge on any atom is 0.307 e. The monoisotopic (exact) mass is 1000 g/mol. The number of carbonyl (C=O) groups excluding carboxylic acids is 6. The Labute approximate surface area is 410 Å². The summed E-state index contributed by atoms with van der Waals surface area (Å²) in [5.74, 6) is -3.03. The number of unbranched alkanes of at least 4 members (excludes halogenated alkanes) is 2. The fourth-order valence-corrected chi connectivity index (χ4v) is 6.50. The Hall–Kier alpha value is -4.08. The number of imide groups is 2. The van der Waals surface area contributed by atoms with E-state index >= 15 is 0 Å². The van der Waals surface area contributed by atoms with E-state index in [1.165, 1.54) is 13.2 Å². The van der Waals surface area contributed by atoms with E-state index in [9.17, 15) is 28.8 Å². The quantitative estimate of drug-likeness (QED) is 0.0531. The Morgan fingerprint density at radius 2 is 0.914 bits per heavy atom. The molecule has 1 unspecified atom stereocenters. The molecule has 0 aromatic heterocycles. The van der Waals surface area contributed by atoms with Gasteiger partial charge in [0.25, 0.3) is 11.8 Å². The van der Waals surface area contributed by atoms with E-state index < -0.39 is 29.7 Å². The number of esters is 1. The summed E-state index contributed by atoms with van der Waals surface area (Å²) in [4.78, 5) is 74.6. The Kier molecular flexibility index (Phi) is 34.9. The van der Waals surface area contributed by atoms with Gasteiger partial charge in [-0.05, 0) is 31.4 Å². The van der Waals surface area contributed by atoms with Crippen molar-refractivity contribution >= 4 is 41.2 Å². The number of carbonyl (C=O) groups is 6. The number of amides is 5. The first-order valence-corrected chi connectivity index (χ1v) is 24.0. The molecule has 1 fully saturated rings. The molecule has 23 heteroatoms. The second-order valence-electron chi connectivity index (χ2n) is 15.3. The van der Waals surface area contributed by atoms with E-state index in [1.807, 2.05) is 0 Å². The van der Waals surface area contributed by atoms with Crippen LogP contribution in [0.3, 0.4) is 0 Å². The highest BCUT2D eigenvalue weighted by molar-refractivity contribution is 6.26. The molecule has 0 saturated carbocycles. The van der Waals surface area contributed by atoms with Crippen molar-refractivity contribution in [3.63, 3.8) is 0 Å². The van der Waals surface area contributed by atoms with Crippen molar-refractivity contribution in [1.29, 1.82) is 0 Å². The first-order valence-electron chi connectivity index (χ1n) is 24.0. The molecule has 3 rings (SSSR count). The van der Waals surface area contributed by atoms with Crippen LogP contribution in [0.2, 0.25) is 0 Å². The average Bonchev–Trinajstić information content (AvgIpc) is 3.61. The fourth-order valence-electron chi connectivity index (χ4n) is 6.50. The number of ether oxygens (including phenoxy) is 14. The fraction of sp³-hybridized carbons (Fsp3) is 0.745. The van der Waals surface area contributed by atoms with Crippen LogP contribution >= 0.6 is 0 Å². The molecule has 0 aliphatic carbocycles. The molecule has 1 aromatic carbocycles. The van der Waals surface area contributed by atoms with Gasteiger partial charge in [0.15, 0.2) is 0 Å². The summed E-state index contributed by atoms with van der Waals surface area (Å²) >= 11 is 0. The molecule has 2 N–H and O–H groups in total.